The number of carbonyl (C=O) groups excluding carboxylic acids is 2. The summed E-state index contributed by atoms with van der Waals surface area (Å²) in [7, 11) is -1.47. The molecule has 0 spiro atoms. The molecule has 1 N–H and O–H groups in total. The van der Waals surface area contributed by atoms with E-state index >= 15 is 0 Å². The lowest BCUT2D eigenvalue weighted by atomic mass is 10.0. The molecule has 2 atom stereocenters. The molecule has 0 aliphatic carbocycles. The Labute approximate surface area is 157 Å². The number of halogens is 1. The number of rotatable bonds is 5. The summed E-state index contributed by atoms with van der Waals surface area (Å²) in [5.74, 6) is -0.616. The minimum Gasteiger partial charge on any atom is -0.340 e. The van der Waals surface area contributed by atoms with Crippen molar-refractivity contribution in [3.63, 3.8) is 0 Å². The molecule has 1 saturated heterocycles. The SMILES string of the molecule is CC(C)[C@@H](NC(=O)c1ccc(Br)cc1)C(=O)N(C)[C@@H]1CCS(=O)(=O)C1. The van der Waals surface area contributed by atoms with Crippen molar-refractivity contribution in [2.45, 2.75) is 32.4 Å². The van der Waals surface area contributed by atoms with E-state index in [1.165, 1.54) is 4.90 Å². The van der Waals surface area contributed by atoms with Crippen LogP contribution in [0.3, 0.4) is 0 Å². The van der Waals surface area contributed by atoms with E-state index in [-0.39, 0.29) is 35.3 Å². The first kappa shape index (κ1) is 19.9. The third-order valence-corrected chi connectivity index (χ3v) is 6.71. The summed E-state index contributed by atoms with van der Waals surface area (Å²) in [6.45, 7) is 3.70. The van der Waals surface area contributed by atoms with Crippen LogP contribution in [0.1, 0.15) is 30.6 Å². The zero-order chi connectivity index (χ0) is 18.8. The lowest BCUT2D eigenvalue weighted by molar-refractivity contribution is -0.134. The van der Waals surface area contributed by atoms with Crippen molar-refractivity contribution in [2.75, 3.05) is 18.6 Å². The van der Waals surface area contributed by atoms with Gasteiger partial charge < -0.3 is 10.2 Å². The van der Waals surface area contributed by atoms with Crippen LogP contribution in [0.15, 0.2) is 28.7 Å². The van der Waals surface area contributed by atoms with E-state index in [2.05, 4.69) is 21.2 Å². The maximum atomic E-state index is 12.8. The Bertz CT molecular complexity index is 746. The van der Waals surface area contributed by atoms with Gasteiger partial charge in [0, 0.05) is 23.1 Å². The first-order valence-electron chi connectivity index (χ1n) is 8.14. The van der Waals surface area contributed by atoms with Gasteiger partial charge in [-0.25, -0.2) is 8.42 Å². The molecule has 1 fully saturated rings. The van der Waals surface area contributed by atoms with E-state index in [9.17, 15) is 18.0 Å². The largest absolute Gasteiger partial charge is 0.340 e. The van der Waals surface area contributed by atoms with Crippen molar-refractivity contribution < 1.29 is 18.0 Å². The molecule has 0 radical (unpaired) electrons. The highest BCUT2D eigenvalue weighted by molar-refractivity contribution is 9.10. The molecular weight excluding hydrogens is 408 g/mol. The predicted molar refractivity (Wildman–Crippen MR) is 100 cm³/mol. The maximum absolute atomic E-state index is 12.8. The number of hydrogen-bond acceptors (Lipinski definition) is 4. The van der Waals surface area contributed by atoms with Gasteiger partial charge in [-0.2, -0.15) is 0 Å². The molecule has 0 bridgehead atoms. The lowest BCUT2D eigenvalue weighted by Crippen LogP contribution is -2.52. The molecule has 6 nitrogen and oxygen atoms in total. The summed E-state index contributed by atoms with van der Waals surface area (Å²) in [6.07, 6.45) is 0.441. The van der Waals surface area contributed by atoms with Gasteiger partial charge in [0.25, 0.3) is 5.91 Å². The Hall–Kier alpha value is -1.41. The fourth-order valence-corrected chi connectivity index (χ4v) is 4.86. The molecule has 0 aromatic heterocycles. The van der Waals surface area contributed by atoms with E-state index in [4.69, 9.17) is 0 Å². The van der Waals surface area contributed by atoms with E-state index in [1.54, 1.807) is 31.3 Å². The Morgan fingerprint density at radius 3 is 2.32 bits per heavy atom. The van der Waals surface area contributed by atoms with Crippen molar-refractivity contribution in [1.29, 1.82) is 0 Å². The number of benzene rings is 1. The number of hydrogen-bond donors (Lipinski definition) is 1. The summed E-state index contributed by atoms with van der Waals surface area (Å²) in [5, 5.41) is 2.78. The molecule has 1 aromatic rings. The van der Waals surface area contributed by atoms with Gasteiger partial charge in [0.1, 0.15) is 6.04 Å². The zero-order valence-corrected chi connectivity index (χ0v) is 16.9. The number of sulfone groups is 1. The maximum Gasteiger partial charge on any atom is 0.251 e. The van der Waals surface area contributed by atoms with Crippen LogP contribution in [0, 0.1) is 5.92 Å². The molecule has 1 aliphatic rings. The average Bonchev–Trinajstić information content (AvgIpc) is 2.91. The Morgan fingerprint density at radius 2 is 1.84 bits per heavy atom. The number of likely N-dealkylation sites (N-methyl/N-ethyl adjacent to an activating group) is 1. The van der Waals surface area contributed by atoms with Crippen molar-refractivity contribution >= 4 is 37.6 Å². The van der Waals surface area contributed by atoms with Gasteiger partial charge in [0.05, 0.1) is 11.5 Å². The molecule has 1 aromatic carbocycles. The molecule has 1 aliphatic heterocycles. The summed E-state index contributed by atoms with van der Waals surface area (Å²) < 4.78 is 24.2. The monoisotopic (exact) mass is 430 g/mol. The smallest absolute Gasteiger partial charge is 0.251 e. The predicted octanol–water partition coefficient (Wildman–Crippen LogP) is 1.85. The lowest BCUT2D eigenvalue weighted by Gasteiger charge is -2.30. The fourth-order valence-electron chi connectivity index (χ4n) is 2.82. The highest BCUT2D eigenvalue weighted by atomic mass is 79.9. The van der Waals surface area contributed by atoms with Crippen molar-refractivity contribution in [3.05, 3.63) is 34.3 Å². The van der Waals surface area contributed by atoms with E-state index in [1.807, 2.05) is 13.8 Å². The first-order valence-corrected chi connectivity index (χ1v) is 10.8. The van der Waals surface area contributed by atoms with Crippen LogP contribution in [-0.2, 0) is 14.6 Å². The Kier molecular flexibility index (Phi) is 6.26. The van der Waals surface area contributed by atoms with Crippen LogP contribution in [0.2, 0.25) is 0 Å². The molecule has 138 valence electrons. The third kappa shape index (κ3) is 5.04. The average molecular weight is 431 g/mol. The standard InChI is InChI=1S/C17H23BrN2O4S/c1-11(2)15(19-16(21)12-4-6-13(18)7-5-12)17(22)20(3)14-8-9-25(23,24)10-14/h4-7,11,14-15H,8-10H2,1-3H3,(H,19,21)/t14-,15-/m1/s1. The Balaban J connectivity index is 2.10. The minimum atomic E-state index is -3.08. The molecule has 2 amide bonds. The summed E-state index contributed by atoms with van der Waals surface area (Å²) >= 11 is 3.32. The van der Waals surface area contributed by atoms with Crippen LogP contribution in [-0.4, -0.2) is 55.8 Å². The highest BCUT2D eigenvalue weighted by Crippen LogP contribution is 2.19. The van der Waals surface area contributed by atoms with E-state index in [0.29, 0.717) is 12.0 Å². The van der Waals surface area contributed by atoms with E-state index < -0.39 is 15.9 Å². The van der Waals surface area contributed by atoms with Gasteiger partial charge in [0.15, 0.2) is 9.84 Å². The number of carbonyl (C=O) groups is 2. The van der Waals surface area contributed by atoms with Crippen LogP contribution >= 0.6 is 15.9 Å². The molecule has 8 heteroatoms. The molecule has 0 saturated carbocycles. The van der Waals surface area contributed by atoms with Crippen LogP contribution in [0.25, 0.3) is 0 Å². The van der Waals surface area contributed by atoms with Crippen LogP contribution in [0.4, 0.5) is 0 Å². The van der Waals surface area contributed by atoms with Gasteiger partial charge in [-0.15, -0.1) is 0 Å². The fraction of sp³-hybridized carbons (Fsp3) is 0.529. The van der Waals surface area contributed by atoms with Crippen molar-refractivity contribution in [1.82, 2.24) is 10.2 Å². The molecule has 0 unspecified atom stereocenters. The quantitative estimate of drug-likeness (QED) is 0.772. The van der Waals surface area contributed by atoms with Gasteiger partial charge in [-0.05, 0) is 36.6 Å². The molecular formula is C17H23BrN2O4S. The van der Waals surface area contributed by atoms with Gasteiger partial charge in [0.2, 0.25) is 5.91 Å². The highest BCUT2D eigenvalue weighted by Gasteiger charge is 2.36. The summed E-state index contributed by atoms with van der Waals surface area (Å²) in [5.41, 5.74) is 0.466. The summed E-state index contributed by atoms with van der Waals surface area (Å²) in [6, 6.07) is 5.84. The number of nitrogens with zero attached hydrogens (tertiary/aromatic N) is 1. The minimum absolute atomic E-state index is 0.0132. The van der Waals surface area contributed by atoms with Gasteiger partial charge in [-0.1, -0.05) is 29.8 Å². The van der Waals surface area contributed by atoms with Gasteiger partial charge in [-0.3, -0.25) is 9.59 Å². The molecule has 2 rings (SSSR count). The van der Waals surface area contributed by atoms with Crippen molar-refractivity contribution in [3.8, 4) is 0 Å². The topological polar surface area (TPSA) is 83.6 Å². The second kappa shape index (κ2) is 7.86. The number of amides is 2. The first-order chi connectivity index (χ1) is 11.6. The molecule has 25 heavy (non-hydrogen) atoms. The van der Waals surface area contributed by atoms with Crippen molar-refractivity contribution in [2.24, 2.45) is 5.92 Å². The summed E-state index contributed by atoms with van der Waals surface area (Å²) in [4.78, 5) is 26.7. The second-order valence-corrected chi connectivity index (χ2v) is 9.85. The number of nitrogens with one attached hydrogen (secondary N) is 1. The van der Waals surface area contributed by atoms with Crippen LogP contribution in [0.5, 0.6) is 0 Å². The van der Waals surface area contributed by atoms with Gasteiger partial charge >= 0.3 is 0 Å². The second-order valence-electron chi connectivity index (χ2n) is 6.71. The molecule has 1 heterocycles. The third-order valence-electron chi connectivity index (χ3n) is 4.43. The zero-order valence-electron chi connectivity index (χ0n) is 14.5. The van der Waals surface area contributed by atoms with Crippen LogP contribution < -0.4 is 5.32 Å². The van der Waals surface area contributed by atoms with E-state index in [0.717, 1.165) is 4.47 Å². The normalized spacial score (nSPS) is 20.3. The Morgan fingerprint density at radius 1 is 1.24 bits per heavy atom.